The first-order valence-electron chi connectivity index (χ1n) is 4.46. The second-order valence-electron chi connectivity index (χ2n) is 2.92. The van der Waals surface area contributed by atoms with Crippen molar-refractivity contribution in [1.82, 2.24) is 4.98 Å². The SMILES string of the molecule is CN=C([O-])c1ncoc1-c1ccccc1. The minimum absolute atomic E-state index is 0.253. The fourth-order valence-electron chi connectivity index (χ4n) is 1.30. The number of rotatable bonds is 2. The largest absolute Gasteiger partial charge is 0.857 e. The number of oxazole rings is 1. The number of nitrogens with zero attached hydrogens (tertiary/aromatic N) is 2. The summed E-state index contributed by atoms with van der Waals surface area (Å²) < 4.78 is 5.18. The van der Waals surface area contributed by atoms with E-state index in [9.17, 15) is 5.11 Å². The van der Waals surface area contributed by atoms with Gasteiger partial charge in [0, 0.05) is 18.5 Å². The summed E-state index contributed by atoms with van der Waals surface area (Å²) in [7, 11) is 1.44. The first kappa shape index (κ1) is 9.45. The van der Waals surface area contributed by atoms with Crippen molar-refractivity contribution in [2.75, 3.05) is 7.05 Å². The standard InChI is InChI=1S/C11H10N2O2/c1-12-11(14)9-10(15-7-13-9)8-5-3-2-4-6-8/h2-7H,1H3,(H,12,14)/p-1. The summed E-state index contributed by atoms with van der Waals surface area (Å²) in [6.45, 7) is 0. The van der Waals surface area contributed by atoms with Crippen molar-refractivity contribution < 1.29 is 9.52 Å². The molecule has 0 radical (unpaired) electrons. The molecule has 0 saturated heterocycles. The predicted molar refractivity (Wildman–Crippen MR) is 54.4 cm³/mol. The average molecular weight is 201 g/mol. The van der Waals surface area contributed by atoms with Gasteiger partial charge in [-0.15, -0.1) is 0 Å². The number of benzene rings is 1. The minimum atomic E-state index is -0.373. The Kier molecular flexibility index (Phi) is 2.49. The monoisotopic (exact) mass is 201 g/mol. The van der Waals surface area contributed by atoms with E-state index in [1.165, 1.54) is 13.4 Å². The lowest BCUT2D eigenvalue weighted by atomic mass is 10.1. The topological polar surface area (TPSA) is 61.5 Å². The molecule has 0 amide bonds. The molecule has 0 aliphatic carbocycles. The van der Waals surface area contributed by atoms with Gasteiger partial charge in [-0.1, -0.05) is 30.3 Å². The van der Waals surface area contributed by atoms with E-state index in [1.54, 1.807) is 0 Å². The predicted octanol–water partition coefficient (Wildman–Crippen LogP) is 1.08. The van der Waals surface area contributed by atoms with Crippen molar-refractivity contribution in [2.45, 2.75) is 0 Å². The van der Waals surface area contributed by atoms with Crippen molar-refractivity contribution in [3.05, 3.63) is 42.4 Å². The molecule has 76 valence electrons. The van der Waals surface area contributed by atoms with Crippen LogP contribution in [0.5, 0.6) is 0 Å². The third kappa shape index (κ3) is 1.74. The molecule has 0 bridgehead atoms. The lowest BCUT2D eigenvalue weighted by Crippen LogP contribution is -2.19. The molecule has 1 aromatic heterocycles. The van der Waals surface area contributed by atoms with Crippen LogP contribution in [0.4, 0.5) is 0 Å². The molecule has 1 aromatic carbocycles. The lowest BCUT2D eigenvalue weighted by molar-refractivity contribution is -0.213. The van der Waals surface area contributed by atoms with Crippen LogP contribution in [0, 0.1) is 0 Å². The van der Waals surface area contributed by atoms with Crippen molar-refractivity contribution in [3.63, 3.8) is 0 Å². The molecular formula is C11H9N2O2-. The Labute approximate surface area is 86.9 Å². The highest BCUT2D eigenvalue weighted by Crippen LogP contribution is 2.22. The summed E-state index contributed by atoms with van der Waals surface area (Å²) in [5.74, 6) is 0.0915. The maximum Gasteiger partial charge on any atom is 0.182 e. The molecule has 2 rings (SSSR count). The second kappa shape index (κ2) is 3.96. The van der Waals surface area contributed by atoms with Crippen LogP contribution >= 0.6 is 0 Å². The minimum Gasteiger partial charge on any atom is -0.857 e. The van der Waals surface area contributed by atoms with Gasteiger partial charge in [0.1, 0.15) is 5.69 Å². The Morgan fingerprint density at radius 1 is 1.33 bits per heavy atom. The molecule has 0 aliphatic rings. The molecule has 15 heavy (non-hydrogen) atoms. The number of aromatic nitrogens is 1. The molecule has 0 aliphatic heterocycles. The molecule has 2 aromatic rings. The normalized spacial score (nSPS) is 11.7. The smallest absolute Gasteiger partial charge is 0.182 e. The molecule has 4 heteroatoms. The van der Waals surface area contributed by atoms with Gasteiger partial charge in [0.05, 0.1) is 0 Å². The molecule has 0 saturated carbocycles. The Bertz CT molecular complexity index is 474. The summed E-state index contributed by atoms with van der Waals surface area (Å²) in [6.07, 6.45) is 1.25. The summed E-state index contributed by atoms with van der Waals surface area (Å²) in [5.41, 5.74) is 1.07. The van der Waals surface area contributed by atoms with E-state index in [2.05, 4.69) is 9.98 Å². The highest BCUT2D eigenvalue weighted by atomic mass is 16.3. The zero-order chi connectivity index (χ0) is 10.7. The maximum atomic E-state index is 11.4. The Balaban J connectivity index is 2.51. The van der Waals surface area contributed by atoms with E-state index in [0.29, 0.717) is 5.76 Å². The highest BCUT2D eigenvalue weighted by Gasteiger charge is 2.09. The van der Waals surface area contributed by atoms with Gasteiger partial charge in [-0.2, -0.15) is 0 Å². The molecule has 0 spiro atoms. The number of aliphatic imine (C=N–C) groups is 1. The molecule has 0 unspecified atom stereocenters. The fraction of sp³-hybridized carbons (Fsp3) is 0.0909. The van der Waals surface area contributed by atoms with Crippen molar-refractivity contribution in [2.24, 2.45) is 4.99 Å². The fourth-order valence-corrected chi connectivity index (χ4v) is 1.30. The summed E-state index contributed by atoms with van der Waals surface area (Å²) >= 11 is 0. The second-order valence-corrected chi connectivity index (χ2v) is 2.92. The zero-order valence-electron chi connectivity index (χ0n) is 8.18. The molecule has 1 heterocycles. The van der Waals surface area contributed by atoms with Gasteiger partial charge in [0.15, 0.2) is 12.2 Å². The van der Waals surface area contributed by atoms with Gasteiger partial charge in [-0.05, 0) is 0 Å². The van der Waals surface area contributed by atoms with Crippen LogP contribution in [0.25, 0.3) is 11.3 Å². The van der Waals surface area contributed by atoms with Crippen molar-refractivity contribution >= 4 is 5.90 Å². The van der Waals surface area contributed by atoms with Gasteiger partial charge >= 0.3 is 0 Å². The van der Waals surface area contributed by atoms with E-state index >= 15 is 0 Å². The van der Waals surface area contributed by atoms with Crippen LogP contribution in [0.15, 0.2) is 46.1 Å². The highest BCUT2D eigenvalue weighted by molar-refractivity contribution is 5.94. The molecule has 0 N–H and O–H groups in total. The van der Waals surface area contributed by atoms with Crippen LogP contribution in [0.1, 0.15) is 5.69 Å². The number of hydrogen-bond acceptors (Lipinski definition) is 4. The van der Waals surface area contributed by atoms with Gasteiger partial charge in [0.25, 0.3) is 0 Å². The summed E-state index contributed by atoms with van der Waals surface area (Å²) in [5, 5.41) is 11.4. The summed E-state index contributed by atoms with van der Waals surface area (Å²) in [4.78, 5) is 7.41. The van der Waals surface area contributed by atoms with Gasteiger partial charge in [-0.3, -0.25) is 0 Å². The lowest BCUT2D eigenvalue weighted by Gasteiger charge is -2.07. The Hall–Kier alpha value is -2.10. The van der Waals surface area contributed by atoms with Crippen LogP contribution < -0.4 is 5.11 Å². The summed E-state index contributed by atoms with van der Waals surface area (Å²) in [6, 6.07) is 9.34. The van der Waals surface area contributed by atoms with Crippen molar-refractivity contribution in [1.29, 1.82) is 0 Å². The van der Waals surface area contributed by atoms with E-state index in [-0.39, 0.29) is 11.6 Å². The van der Waals surface area contributed by atoms with Crippen LogP contribution in [0.2, 0.25) is 0 Å². The van der Waals surface area contributed by atoms with Gasteiger partial charge in [-0.25, -0.2) is 4.98 Å². The van der Waals surface area contributed by atoms with Gasteiger partial charge in [0.2, 0.25) is 0 Å². The molecule has 0 atom stereocenters. The first-order valence-corrected chi connectivity index (χ1v) is 4.46. The Morgan fingerprint density at radius 2 is 2.07 bits per heavy atom. The van der Waals surface area contributed by atoms with E-state index < -0.39 is 0 Å². The van der Waals surface area contributed by atoms with Crippen molar-refractivity contribution in [3.8, 4) is 11.3 Å². The Morgan fingerprint density at radius 3 is 2.73 bits per heavy atom. The molecule has 0 fully saturated rings. The third-order valence-corrected chi connectivity index (χ3v) is 2.01. The first-order chi connectivity index (χ1) is 7.33. The van der Waals surface area contributed by atoms with Crippen LogP contribution in [0.3, 0.4) is 0 Å². The van der Waals surface area contributed by atoms with Crippen LogP contribution in [-0.4, -0.2) is 17.9 Å². The van der Waals surface area contributed by atoms with E-state index in [0.717, 1.165) is 5.56 Å². The quantitative estimate of drug-likeness (QED) is 0.539. The average Bonchev–Trinajstić information content (AvgIpc) is 2.78. The molecule has 4 nitrogen and oxygen atoms in total. The van der Waals surface area contributed by atoms with Gasteiger partial charge < -0.3 is 14.5 Å². The zero-order valence-corrected chi connectivity index (χ0v) is 8.18. The van der Waals surface area contributed by atoms with E-state index in [1.807, 2.05) is 30.3 Å². The van der Waals surface area contributed by atoms with Crippen LogP contribution in [-0.2, 0) is 0 Å². The number of hydrogen-bond donors (Lipinski definition) is 0. The van der Waals surface area contributed by atoms with E-state index in [4.69, 9.17) is 4.42 Å². The molecular weight excluding hydrogens is 192 g/mol. The third-order valence-electron chi connectivity index (χ3n) is 2.01. The maximum absolute atomic E-state index is 11.4.